The SMILES string of the molecule is Clc1nccc(-c2cccc(N3CCNCC3)c2)n1. The van der Waals surface area contributed by atoms with Crippen molar-refractivity contribution in [1.82, 2.24) is 15.3 Å². The number of anilines is 1. The number of nitrogens with zero attached hydrogens (tertiary/aromatic N) is 3. The smallest absolute Gasteiger partial charge is 0.222 e. The Balaban J connectivity index is 1.91. The first-order valence-electron chi connectivity index (χ1n) is 6.37. The zero-order valence-electron chi connectivity index (χ0n) is 10.5. The summed E-state index contributed by atoms with van der Waals surface area (Å²) in [5.74, 6) is 0. The molecule has 98 valence electrons. The molecule has 1 aromatic carbocycles. The van der Waals surface area contributed by atoms with Gasteiger partial charge in [-0.3, -0.25) is 0 Å². The monoisotopic (exact) mass is 274 g/mol. The Morgan fingerprint density at radius 1 is 1.16 bits per heavy atom. The summed E-state index contributed by atoms with van der Waals surface area (Å²) in [6, 6.07) is 10.3. The number of aromatic nitrogens is 2. The minimum absolute atomic E-state index is 0.282. The third kappa shape index (κ3) is 2.85. The van der Waals surface area contributed by atoms with Crippen LogP contribution in [-0.4, -0.2) is 36.1 Å². The van der Waals surface area contributed by atoms with Gasteiger partial charge in [-0.25, -0.2) is 9.97 Å². The molecule has 2 aromatic rings. The van der Waals surface area contributed by atoms with Gasteiger partial charge in [0, 0.05) is 43.6 Å². The first kappa shape index (κ1) is 12.4. The normalized spacial score (nSPS) is 15.5. The molecule has 0 atom stereocenters. The molecule has 2 heterocycles. The van der Waals surface area contributed by atoms with Crippen molar-refractivity contribution >= 4 is 17.3 Å². The third-order valence-corrected chi connectivity index (χ3v) is 3.43. The van der Waals surface area contributed by atoms with Crippen LogP contribution in [0.1, 0.15) is 0 Å². The maximum Gasteiger partial charge on any atom is 0.222 e. The largest absolute Gasteiger partial charge is 0.369 e. The molecule has 0 amide bonds. The number of benzene rings is 1. The maximum atomic E-state index is 5.84. The number of piperazine rings is 1. The van der Waals surface area contributed by atoms with Crippen molar-refractivity contribution in [1.29, 1.82) is 0 Å². The van der Waals surface area contributed by atoms with Crippen LogP contribution in [0.5, 0.6) is 0 Å². The van der Waals surface area contributed by atoms with Gasteiger partial charge in [0.1, 0.15) is 0 Å². The average Bonchev–Trinajstić information content (AvgIpc) is 2.48. The Morgan fingerprint density at radius 3 is 2.79 bits per heavy atom. The molecule has 4 nitrogen and oxygen atoms in total. The van der Waals surface area contributed by atoms with Crippen molar-refractivity contribution in [3.05, 3.63) is 41.8 Å². The standard InChI is InChI=1S/C14H15ClN4/c15-14-17-5-4-13(18-14)11-2-1-3-12(10-11)19-8-6-16-7-9-19/h1-5,10,16H,6-9H2. The first-order chi connectivity index (χ1) is 9.33. The summed E-state index contributed by atoms with van der Waals surface area (Å²) in [5, 5.41) is 3.64. The highest BCUT2D eigenvalue weighted by Gasteiger charge is 2.11. The van der Waals surface area contributed by atoms with Crippen LogP contribution >= 0.6 is 11.6 Å². The Hall–Kier alpha value is -1.65. The van der Waals surface area contributed by atoms with Crippen LogP contribution < -0.4 is 10.2 Å². The Bertz CT molecular complexity index is 567. The highest BCUT2D eigenvalue weighted by molar-refractivity contribution is 6.28. The van der Waals surface area contributed by atoms with Crippen LogP contribution in [0, 0.1) is 0 Å². The first-order valence-corrected chi connectivity index (χ1v) is 6.75. The zero-order chi connectivity index (χ0) is 13.1. The minimum Gasteiger partial charge on any atom is -0.369 e. The van der Waals surface area contributed by atoms with E-state index in [1.165, 1.54) is 5.69 Å². The second-order valence-electron chi connectivity index (χ2n) is 4.50. The van der Waals surface area contributed by atoms with Crippen molar-refractivity contribution in [2.45, 2.75) is 0 Å². The quantitative estimate of drug-likeness (QED) is 0.853. The van der Waals surface area contributed by atoms with Crippen molar-refractivity contribution in [2.75, 3.05) is 31.1 Å². The topological polar surface area (TPSA) is 41.1 Å². The lowest BCUT2D eigenvalue weighted by atomic mass is 10.1. The summed E-state index contributed by atoms with van der Waals surface area (Å²) in [4.78, 5) is 10.5. The Morgan fingerprint density at radius 2 is 2.00 bits per heavy atom. The summed E-state index contributed by atoms with van der Waals surface area (Å²) < 4.78 is 0. The Kier molecular flexibility index (Phi) is 3.62. The fourth-order valence-corrected chi connectivity index (χ4v) is 2.43. The van der Waals surface area contributed by atoms with Gasteiger partial charge in [0.2, 0.25) is 5.28 Å². The molecule has 0 bridgehead atoms. The van der Waals surface area contributed by atoms with E-state index in [1.54, 1.807) is 6.20 Å². The molecule has 0 unspecified atom stereocenters. The van der Waals surface area contributed by atoms with E-state index in [0.717, 1.165) is 37.4 Å². The van der Waals surface area contributed by atoms with Crippen molar-refractivity contribution < 1.29 is 0 Å². The van der Waals surface area contributed by atoms with E-state index in [9.17, 15) is 0 Å². The van der Waals surface area contributed by atoms with E-state index < -0.39 is 0 Å². The minimum atomic E-state index is 0.282. The van der Waals surface area contributed by atoms with E-state index in [4.69, 9.17) is 11.6 Å². The molecule has 1 N–H and O–H groups in total. The number of halogens is 1. The van der Waals surface area contributed by atoms with Gasteiger partial charge in [-0.2, -0.15) is 0 Å². The van der Waals surface area contributed by atoms with E-state index in [-0.39, 0.29) is 5.28 Å². The number of nitrogens with one attached hydrogen (secondary N) is 1. The molecule has 0 aliphatic carbocycles. The van der Waals surface area contributed by atoms with Crippen LogP contribution in [0.4, 0.5) is 5.69 Å². The summed E-state index contributed by atoms with van der Waals surface area (Å²) in [5.41, 5.74) is 3.16. The lowest BCUT2D eigenvalue weighted by Crippen LogP contribution is -2.43. The van der Waals surface area contributed by atoms with Gasteiger partial charge in [0.15, 0.2) is 0 Å². The van der Waals surface area contributed by atoms with Crippen LogP contribution in [0.15, 0.2) is 36.5 Å². The van der Waals surface area contributed by atoms with Crippen molar-refractivity contribution in [3.63, 3.8) is 0 Å². The molecule has 0 spiro atoms. The molecule has 19 heavy (non-hydrogen) atoms. The van der Waals surface area contributed by atoms with Crippen LogP contribution in [0.25, 0.3) is 11.3 Å². The molecule has 5 heteroatoms. The molecule has 0 saturated carbocycles. The van der Waals surface area contributed by atoms with E-state index in [2.05, 4.69) is 38.4 Å². The predicted molar refractivity (Wildman–Crippen MR) is 77.6 cm³/mol. The van der Waals surface area contributed by atoms with Crippen molar-refractivity contribution in [3.8, 4) is 11.3 Å². The summed E-state index contributed by atoms with van der Waals surface area (Å²) in [7, 11) is 0. The summed E-state index contributed by atoms with van der Waals surface area (Å²) >= 11 is 5.84. The fourth-order valence-electron chi connectivity index (χ4n) is 2.28. The number of hydrogen-bond donors (Lipinski definition) is 1. The highest BCUT2D eigenvalue weighted by Crippen LogP contribution is 2.24. The number of rotatable bonds is 2. The summed E-state index contributed by atoms with van der Waals surface area (Å²) in [6.45, 7) is 4.13. The molecule has 1 fully saturated rings. The van der Waals surface area contributed by atoms with Gasteiger partial charge >= 0.3 is 0 Å². The van der Waals surface area contributed by atoms with Crippen LogP contribution in [0.3, 0.4) is 0 Å². The van der Waals surface area contributed by atoms with E-state index in [0.29, 0.717) is 0 Å². The highest BCUT2D eigenvalue weighted by atomic mass is 35.5. The molecule has 1 aliphatic heterocycles. The molecular weight excluding hydrogens is 260 g/mol. The van der Waals surface area contributed by atoms with Crippen LogP contribution in [-0.2, 0) is 0 Å². The summed E-state index contributed by atoms with van der Waals surface area (Å²) in [6.07, 6.45) is 1.68. The van der Waals surface area contributed by atoms with Gasteiger partial charge in [-0.05, 0) is 29.8 Å². The van der Waals surface area contributed by atoms with Gasteiger partial charge in [-0.1, -0.05) is 12.1 Å². The maximum absolute atomic E-state index is 5.84. The molecule has 1 aromatic heterocycles. The molecule has 1 aliphatic rings. The lowest BCUT2D eigenvalue weighted by molar-refractivity contribution is 0.589. The average molecular weight is 275 g/mol. The van der Waals surface area contributed by atoms with Gasteiger partial charge in [0.05, 0.1) is 5.69 Å². The lowest BCUT2D eigenvalue weighted by Gasteiger charge is -2.29. The number of hydrogen-bond acceptors (Lipinski definition) is 4. The second kappa shape index (κ2) is 5.55. The van der Waals surface area contributed by atoms with Crippen molar-refractivity contribution in [2.24, 2.45) is 0 Å². The third-order valence-electron chi connectivity index (χ3n) is 3.25. The zero-order valence-corrected chi connectivity index (χ0v) is 11.3. The van der Waals surface area contributed by atoms with E-state index in [1.807, 2.05) is 12.1 Å². The van der Waals surface area contributed by atoms with Gasteiger partial charge in [0.25, 0.3) is 0 Å². The molecule has 3 rings (SSSR count). The fraction of sp³-hybridized carbons (Fsp3) is 0.286. The van der Waals surface area contributed by atoms with Crippen LogP contribution in [0.2, 0.25) is 5.28 Å². The second-order valence-corrected chi connectivity index (χ2v) is 4.84. The Labute approximate surface area is 117 Å². The predicted octanol–water partition coefficient (Wildman–Crippen LogP) is 2.21. The molecular formula is C14H15ClN4. The van der Waals surface area contributed by atoms with Gasteiger partial charge < -0.3 is 10.2 Å². The molecule has 0 radical (unpaired) electrons. The van der Waals surface area contributed by atoms with E-state index >= 15 is 0 Å². The van der Waals surface area contributed by atoms with Gasteiger partial charge in [-0.15, -0.1) is 0 Å². The molecule has 1 saturated heterocycles.